The number of nitrogens with zero attached hydrogens (tertiary/aromatic N) is 1. The molecule has 2 aliphatic rings. The molecule has 2 nitrogen and oxygen atoms in total. The van der Waals surface area contributed by atoms with E-state index in [4.69, 9.17) is 0 Å². The van der Waals surface area contributed by atoms with Crippen molar-refractivity contribution in [1.29, 1.82) is 0 Å². The van der Waals surface area contributed by atoms with Crippen LogP contribution in [0.25, 0.3) is 0 Å². The largest absolute Gasteiger partial charge is 0.317 e. The summed E-state index contributed by atoms with van der Waals surface area (Å²) in [5.41, 5.74) is 0. The van der Waals surface area contributed by atoms with E-state index in [2.05, 4.69) is 24.1 Å². The highest BCUT2D eigenvalue weighted by Crippen LogP contribution is 2.36. The lowest BCUT2D eigenvalue weighted by Crippen LogP contribution is -2.46. The van der Waals surface area contributed by atoms with Gasteiger partial charge < -0.3 is 10.2 Å². The van der Waals surface area contributed by atoms with Crippen molar-refractivity contribution in [3.05, 3.63) is 0 Å². The first-order chi connectivity index (χ1) is 8.31. The Hall–Kier alpha value is -0.0800. The van der Waals surface area contributed by atoms with Crippen LogP contribution in [0, 0.1) is 11.8 Å². The molecule has 2 rings (SSSR count). The van der Waals surface area contributed by atoms with E-state index in [1.54, 1.807) is 0 Å². The van der Waals surface area contributed by atoms with Crippen molar-refractivity contribution in [1.82, 2.24) is 10.2 Å². The van der Waals surface area contributed by atoms with Gasteiger partial charge in [0.1, 0.15) is 0 Å². The average molecular weight is 238 g/mol. The van der Waals surface area contributed by atoms with Crippen LogP contribution in [0.1, 0.15) is 52.4 Å². The van der Waals surface area contributed by atoms with Crippen molar-refractivity contribution in [2.75, 3.05) is 26.2 Å². The first-order valence-corrected chi connectivity index (χ1v) is 7.76. The van der Waals surface area contributed by atoms with Gasteiger partial charge in [0.25, 0.3) is 0 Å². The van der Waals surface area contributed by atoms with Gasteiger partial charge in [0, 0.05) is 12.6 Å². The molecule has 17 heavy (non-hydrogen) atoms. The van der Waals surface area contributed by atoms with Crippen LogP contribution in [0.15, 0.2) is 0 Å². The number of nitrogens with one attached hydrogen (secondary N) is 1. The van der Waals surface area contributed by atoms with Crippen molar-refractivity contribution in [2.24, 2.45) is 11.8 Å². The molecule has 1 aliphatic carbocycles. The molecule has 1 saturated carbocycles. The Morgan fingerprint density at radius 2 is 1.94 bits per heavy atom. The van der Waals surface area contributed by atoms with Crippen LogP contribution in [0.4, 0.5) is 0 Å². The Morgan fingerprint density at radius 3 is 2.71 bits per heavy atom. The predicted molar refractivity (Wildman–Crippen MR) is 74.3 cm³/mol. The van der Waals surface area contributed by atoms with Crippen LogP contribution in [0.3, 0.4) is 0 Å². The third-order valence-corrected chi connectivity index (χ3v) is 4.93. The second-order valence-corrected chi connectivity index (χ2v) is 6.08. The van der Waals surface area contributed by atoms with Crippen LogP contribution in [0.2, 0.25) is 0 Å². The van der Waals surface area contributed by atoms with Gasteiger partial charge >= 0.3 is 0 Å². The van der Waals surface area contributed by atoms with Gasteiger partial charge in [-0.1, -0.05) is 26.2 Å². The van der Waals surface area contributed by atoms with E-state index in [0.717, 1.165) is 24.4 Å². The molecule has 2 heteroatoms. The van der Waals surface area contributed by atoms with Gasteiger partial charge in [0.2, 0.25) is 0 Å². The normalized spacial score (nSPS) is 32.1. The van der Waals surface area contributed by atoms with Crippen LogP contribution >= 0.6 is 0 Å². The maximum atomic E-state index is 3.45. The van der Waals surface area contributed by atoms with Crippen molar-refractivity contribution in [2.45, 2.75) is 58.4 Å². The molecule has 1 aliphatic heterocycles. The first kappa shape index (κ1) is 13.4. The topological polar surface area (TPSA) is 15.3 Å². The monoisotopic (exact) mass is 238 g/mol. The molecule has 1 heterocycles. The molecule has 100 valence electrons. The van der Waals surface area contributed by atoms with Crippen molar-refractivity contribution < 1.29 is 0 Å². The Balaban J connectivity index is 1.74. The van der Waals surface area contributed by atoms with Crippen molar-refractivity contribution in [3.63, 3.8) is 0 Å². The molecule has 3 unspecified atom stereocenters. The number of hydrogen-bond donors (Lipinski definition) is 1. The van der Waals surface area contributed by atoms with Gasteiger partial charge in [0.05, 0.1) is 0 Å². The summed E-state index contributed by atoms with van der Waals surface area (Å²) in [5.74, 6) is 2.10. The van der Waals surface area contributed by atoms with Crippen LogP contribution in [-0.4, -0.2) is 37.1 Å². The molecule has 2 fully saturated rings. The zero-order chi connectivity index (χ0) is 12.1. The molecular weight excluding hydrogens is 208 g/mol. The molecule has 3 atom stereocenters. The Kier molecular flexibility index (Phi) is 5.30. The molecule has 0 spiro atoms. The number of fused-ring (bicyclic) bond motifs is 1. The average Bonchev–Trinajstić information content (AvgIpc) is 2.38. The third-order valence-electron chi connectivity index (χ3n) is 4.93. The van der Waals surface area contributed by atoms with Crippen LogP contribution < -0.4 is 5.32 Å². The third kappa shape index (κ3) is 3.69. The standard InChI is InChI=1S/C15H30N2/c1-3-16-10-8-13(2)17-11-9-14-6-4-5-7-15(14)12-17/h13-16H,3-12H2,1-2H3. The van der Waals surface area contributed by atoms with E-state index in [1.165, 1.54) is 58.2 Å². The summed E-state index contributed by atoms with van der Waals surface area (Å²) in [6.07, 6.45) is 8.78. The lowest BCUT2D eigenvalue weighted by atomic mass is 9.75. The zero-order valence-electron chi connectivity index (χ0n) is 11.8. The fourth-order valence-corrected chi connectivity index (χ4v) is 3.70. The van der Waals surface area contributed by atoms with Gasteiger partial charge in [-0.25, -0.2) is 0 Å². The van der Waals surface area contributed by atoms with E-state index in [0.29, 0.717) is 0 Å². The quantitative estimate of drug-likeness (QED) is 0.741. The minimum Gasteiger partial charge on any atom is -0.317 e. The summed E-state index contributed by atoms with van der Waals surface area (Å²) >= 11 is 0. The van der Waals surface area contributed by atoms with Gasteiger partial charge in [-0.2, -0.15) is 0 Å². The fraction of sp³-hybridized carbons (Fsp3) is 1.00. The summed E-state index contributed by atoms with van der Waals surface area (Å²) in [6.45, 7) is 9.64. The van der Waals surface area contributed by atoms with E-state index in [-0.39, 0.29) is 0 Å². The fourth-order valence-electron chi connectivity index (χ4n) is 3.70. The van der Waals surface area contributed by atoms with Crippen molar-refractivity contribution >= 4 is 0 Å². The lowest BCUT2D eigenvalue weighted by Gasteiger charge is -2.43. The molecule has 0 aromatic rings. The predicted octanol–water partition coefficient (Wildman–Crippen LogP) is 2.89. The Bertz CT molecular complexity index is 217. The number of rotatable bonds is 5. The van der Waals surface area contributed by atoms with E-state index in [1.807, 2.05) is 0 Å². The van der Waals surface area contributed by atoms with E-state index in [9.17, 15) is 0 Å². The summed E-state index contributed by atoms with van der Waals surface area (Å²) in [5, 5.41) is 3.45. The second-order valence-electron chi connectivity index (χ2n) is 6.08. The minimum absolute atomic E-state index is 0.775. The molecule has 1 N–H and O–H groups in total. The Labute approximate surface area is 107 Å². The second kappa shape index (κ2) is 6.75. The molecule has 0 aromatic carbocycles. The van der Waals surface area contributed by atoms with Crippen LogP contribution in [0.5, 0.6) is 0 Å². The van der Waals surface area contributed by atoms with Gasteiger partial charge in [-0.05, 0) is 57.7 Å². The summed E-state index contributed by atoms with van der Waals surface area (Å²) in [6, 6.07) is 0.775. The van der Waals surface area contributed by atoms with E-state index < -0.39 is 0 Å². The lowest BCUT2D eigenvalue weighted by molar-refractivity contribution is 0.0594. The zero-order valence-corrected chi connectivity index (χ0v) is 11.8. The molecule has 1 saturated heterocycles. The molecule has 0 aromatic heterocycles. The summed E-state index contributed by atoms with van der Waals surface area (Å²) in [7, 11) is 0. The van der Waals surface area contributed by atoms with Gasteiger partial charge in [0.15, 0.2) is 0 Å². The highest BCUT2D eigenvalue weighted by atomic mass is 15.2. The first-order valence-electron chi connectivity index (χ1n) is 7.76. The number of hydrogen-bond acceptors (Lipinski definition) is 2. The molecular formula is C15H30N2. The van der Waals surface area contributed by atoms with Crippen molar-refractivity contribution in [3.8, 4) is 0 Å². The Morgan fingerprint density at radius 1 is 1.18 bits per heavy atom. The minimum atomic E-state index is 0.775. The summed E-state index contributed by atoms with van der Waals surface area (Å²) in [4.78, 5) is 2.75. The molecule has 0 radical (unpaired) electrons. The van der Waals surface area contributed by atoms with Gasteiger partial charge in [-0.15, -0.1) is 0 Å². The molecule has 0 bridgehead atoms. The number of piperidine rings is 1. The SMILES string of the molecule is CCNCCC(C)N1CCC2CCCCC2C1. The smallest absolute Gasteiger partial charge is 0.00791 e. The van der Waals surface area contributed by atoms with Crippen LogP contribution in [-0.2, 0) is 0 Å². The maximum absolute atomic E-state index is 3.45. The summed E-state index contributed by atoms with van der Waals surface area (Å²) < 4.78 is 0. The van der Waals surface area contributed by atoms with Gasteiger partial charge in [-0.3, -0.25) is 0 Å². The van der Waals surface area contributed by atoms with E-state index >= 15 is 0 Å². The maximum Gasteiger partial charge on any atom is 0.00791 e. The highest BCUT2D eigenvalue weighted by Gasteiger charge is 2.32. The number of likely N-dealkylation sites (tertiary alicyclic amines) is 1. The highest BCUT2D eigenvalue weighted by molar-refractivity contribution is 4.85. The molecule has 0 amide bonds.